The molecular formula is C31H30F3N5O3. The number of likely N-dealkylation sites (N-methyl/N-ethyl adjacent to an activating group) is 1. The fourth-order valence-corrected chi connectivity index (χ4v) is 5.82. The molecule has 3 amide bonds. The summed E-state index contributed by atoms with van der Waals surface area (Å²) in [4.78, 5) is 42.6. The number of primary amides is 1. The minimum absolute atomic E-state index is 0.0595. The number of amides is 3. The first kappa shape index (κ1) is 29.1. The van der Waals surface area contributed by atoms with E-state index in [-0.39, 0.29) is 30.4 Å². The largest absolute Gasteiger partial charge is 0.416 e. The van der Waals surface area contributed by atoms with E-state index in [4.69, 9.17) is 5.73 Å². The minimum atomic E-state index is -4.70. The average molecular weight is 578 g/mol. The van der Waals surface area contributed by atoms with E-state index < -0.39 is 40.9 Å². The molecule has 0 aromatic heterocycles. The van der Waals surface area contributed by atoms with Gasteiger partial charge in [0.1, 0.15) is 5.54 Å². The Bertz CT molecular complexity index is 1660. The highest BCUT2D eigenvalue weighted by atomic mass is 19.4. The predicted molar refractivity (Wildman–Crippen MR) is 151 cm³/mol. The number of hydrogen-bond donors (Lipinski definition) is 2. The lowest BCUT2D eigenvalue weighted by molar-refractivity contribution is -0.137. The Labute approximate surface area is 240 Å². The number of hydrogen-bond acceptors (Lipinski definition) is 5. The molecule has 218 valence electrons. The minimum Gasteiger partial charge on any atom is -0.368 e. The smallest absolute Gasteiger partial charge is 0.368 e. The molecule has 5 rings (SSSR count). The highest BCUT2D eigenvalue weighted by molar-refractivity contribution is 6.08. The van der Waals surface area contributed by atoms with Crippen molar-refractivity contribution in [1.82, 2.24) is 5.32 Å². The van der Waals surface area contributed by atoms with Gasteiger partial charge in [0.25, 0.3) is 0 Å². The van der Waals surface area contributed by atoms with E-state index in [0.717, 1.165) is 46.4 Å². The second kappa shape index (κ2) is 10.4. The van der Waals surface area contributed by atoms with Gasteiger partial charge in [-0.3, -0.25) is 14.4 Å². The number of fused-ring (bicyclic) bond motifs is 2. The van der Waals surface area contributed by atoms with Crippen LogP contribution in [-0.4, -0.2) is 36.9 Å². The summed E-state index contributed by atoms with van der Waals surface area (Å²) in [5.41, 5.74) is 5.33. The molecule has 3 N–H and O–H groups in total. The van der Waals surface area contributed by atoms with Crippen LogP contribution >= 0.6 is 0 Å². The van der Waals surface area contributed by atoms with Crippen molar-refractivity contribution in [2.24, 2.45) is 11.7 Å². The van der Waals surface area contributed by atoms with Crippen molar-refractivity contribution in [2.45, 2.75) is 50.9 Å². The van der Waals surface area contributed by atoms with E-state index in [2.05, 4.69) is 11.4 Å². The van der Waals surface area contributed by atoms with Gasteiger partial charge in [0, 0.05) is 13.5 Å². The third-order valence-electron chi connectivity index (χ3n) is 8.58. The van der Waals surface area contributed by atoms with E-state index in [0.29, 0.717) is 10.9 Å². The standard InChI is InChI=1S/C31H30F3N5O3/c1-17(40)38-16-25(30(2,37-3)29(36)42)28(41)39(26-12-9-20(13-27(26)38)31(32,33)34)15-24-21(18-7-8-18)10-11-22-19(14-35)5-4-6-23(22)24/h4-6,9-13,18,25,37H,7-8,15-16H2,1-3H3,(H2,36,42)/t25-,30?/m1/s1. The zero-order valence-electron chi connectivity index (χ0n) is 23.4. The summed E-state index contributed by atoms with van der Waals surface area (Å²) in [6, 6.07) is 14.2. The molecule has 1 heterocycles. The number of nitrogens with one attached hydrogen (secondary N) is 1. The summed E-state index contributed by atoms with van der Waals surface area (Å²) in [6.07, 6.45) is -2.82. The zero-order chi connectivity index (χ0) is 30.6. The van der Waals surface area contributed by atoms with Gasteiger partial charge in [0.15, 0.2) is 0 Å². The van der Waals surface area contributed by atoms with Crippen LogP contribution in [0.2, 0.25) is 0 Å². The Morgan fingerprint density at radius 3 is 2.38 bits per heavy atom. The second-order valence-corrected chi connectivity index (χ2v) is 11.0. The molecule has 2 atom stereocenters. The average Bonchev–Trinajstić information content (AvgIpc) is 3.80. The molecule has 0 bridgehead atoms. The number of carbonyl (C=O) groups excluding carboxylic acids is 3. The Hall–Kier alpha value is -4.43. The summed E-state index contributed by atoms with van der Waals surface area (Å²) in [7, 11) is 1.46. The molecule has 2 aliphatic rings. The van der Waals surface area contributed by atoms with Gasteiger partial charge >= 0.3 is 6.18 Å². The maximum absolute atomic E-state index is 14.5. The molecular weight excluding hydrogens is 547 g/mol. The SMILES string of the molecule is CNC(C)(C(N)=O)[C@@H]1CN(C(C)=O)c2cc(C(F)(F)F)ccc2N(Cc2c(C3CC3)ccc3c(C#N)cccc23)C1=O. The van der Waals surface area contributed by atoms with Gasteiger partial charge in [-0.1, -0.05) is 24.3 Å². The predicted octanol–water partition coefficient (Wildman–Crippen LogP) is 4.59. The molecule has 3 aromatic carbocycles. The molecule has 0 saturated heterocycles. The fourth-order valence-electron chi connectivity index (χ4n) is 5.82. The first-order valence-corrected chi connectivity index (χ1v) is 13.6. The number of carbonyl (C=O) groups is 3. The Balaban J connectivity index is 1.78. The number of nitrogens with zero attached hydrogens (tertiary/aromatic N) is 3. The van der Waals surface area contributed by atoms with Crippen LogP contribution in [0, 0.1) is 17.2 Å². The molecule has 0 radical (unpaired) electrons. The van der Waals surface area contributed by atoms with Crippen LogP contribution in [0.3, 0.4) is 0 Å². The van der Waals surface area contributed by atoms with Gasteiger partial charge in [-0.15, -0.1) is 0 Å². The van der Waals surface area contributed by atoms with E-state index >= 15 is 0 Å². The normalized spacial score (nSPS) is 18.7. The zero-order valence-corrected chi connectivity index (χ0v) is 23.4. The maximum Gasteiger partial charge on any atom is 0.416 e. The summed E-state index contributed by atoms with van der Waals surface area (Å²) < 4.78 is 41.5. The molecule has 3 aromatic rings. The fraction of sp³-hybridized carbons (Fsp3) is 0.355. The topological polar surface area (TPSA) is 120 Å². The Morgan fingerprint density at radius 1 is 1.10 bits per heavy atom. The number of nitrogens with two attached hydrogens (primary N) is 1. The maximum atomic E-state index is 14.5. The van der Waals surface area contributed by atoms with Gasteiger partial charge in [-0.25, -0.2) is 0 Å². The summed E-state index contributed by atoms with van der Waals surface area (Å²) in [6.45, 7) is 2.21. The van der Waals surface area contributed by atoms with Crippen LogP contribution in [0.5, 0.6) is 0 Å². The van der Waals surface area contributed by atoms with Crippen LogP contribution in [0.1, 0.15) is 54.9 Å². The van der Waals surface area contributed by atoms with Crippen LogP contribution in [-0.2, 0) is 27.1 Å². The first-order valence-electron chi connectivity index (χ1n) is 13.6. The van der Waals surface area contributed by atoms with Crippen molar-refractivity contribution in [3.05, 3.63) is 70.8 Å². The molecule has 1 fully saturated rings. The van der Waals surface area contributed by atoms with Crippen molar-refractivity contribution in [2.75, 3.05) is 23.4 Å². The van der Waals surface area contributed by atoms with E-state index in [9.17, 15) is 32.8 Å². The van der Waals surface area contributed by atoms with Crippen LogP contribution < -0.4 is 20.9 Å². The van der Waals surface area contributed by atoms with E-state index in [1.54, 1.807) is 12.1 Å². The van der Waals surface area contributed by atoms with Crippen molar-refractivity contribution in [3.63, 3.8) is 0 Å². The lowest BCUT2D eigenvalue weighted by atomic mass is 9.83. The van der Waals surface area contributed by atoms with Gasteiger partial charge in [0.05, 0.1) is 41.0 Å². The number of rotatable bonds is 6. The van der Waals surface area contributed by atoms with Crippen LogP contribution in [0.4, 0.5) is 24.5 Å². The van der Waals surface area contributed by atoms with Gasteiger partial charge in [-0.2, -0.15) is 18.4 Å². The molecule has 11 heteroatoms. The molecule has 1 unspecified atom stereocenters. The summed E-state index contributed by atoms with van der Waals surface area (Å²) in [5.74, 6) is -3.02. The lowest BCUT2D eigenvalue weighted by Gasteiger charge is -2.36. The van der Waals surface area contributed by atoms with Gasteiger partial charge in [0.2, 0.25) is 17.7 Å². The second-order valence-electron chi connectivity index (χ2n) is 11.0. The van der Waals surface area contributed by atoms with E-state index in [1.165, 1.54) is 31.9 Å². The number of alkyl halides is 3. The lowest BCUT2D eigenvalue weighted by Crippen LogP contribution is -2.63. The number of anilines is 2. The molecule has 1 saturated carbocycles. The number of nitriles is 1. The van der Waals surface area contributed by atoms with Crippen LogP contribution in [0.15, 0.2) is 48.5 Å². The van der Waals surface area contributed by atoms with Crippen molar-refractivity contribution < 1.29 is 27.6 Å². The molecule has 42 heavy (non-hydrogen) atoms. The van der Waals surface area contributed by atoms with Crippen LogP contribution in [0.25, 0.3) is 10.8 Å². The number of halogens is 3. The van der Waals surface area contributed by atoms with Crippen molar-refractivity contribution >= 4 is 39.9 Å². The van der Waals surface area contributed by atoms with Crippen molar-refractivity contribution in [1.29, 1.82) is 5.26 Å². The third-order valence-corrected chi connectivity index (χ3v) is 8.58. The quantitative estimate of drug-likeness (QED) is 0.444. The summed E-state index contributed by atoms with van der Waals surface area (Å²) >= 11 is 0. The highest BCUT2D eigenvalue weighted by Gasteiger charge is 2.49. The monoisotopic (exact) mass is 577 g/mol. The van der Waals surface area contributed by atoms with Gasteiger partial charge in [-0.05, 0) is 78.9 Å². The molecule has 8 nitrogen and oxygen atoms in total. The third kappa shape index (κ3) is 4.86. The highest BCUT2D eigenvalue weighted by Crippen LogP contribution is 2.46. The van der Waals surface area contributed by atoms with E-state index in [1.807, 2.05) is 18.2 Å². The molecule has 1 aliphatic carbocycles. The first-order chi connectivity index (χ1) is 19.8. The summed E-state index contributed by atoms with van der Waals surface area (Å²) in [5, 5.41) is 14.0. The van der Waals surface area contributed by atoms with Crippen molar-refractivity contribution in [3.8, 4) is 6.07 Å². The molecule has 0 spiro atoms. The van der Waals surface area contributed by atoms with Gasteiger partial charge < -0.3 is 20.9 Å². The Morgan fingerprint density at radius 2 is 1.81 bits per heavy atom. The molecule has 1 aliphatic heterocycles. The Kier molecular flexibility index (Phi) is 7.23. The number of benzene rings is 3.